The molecule has 0 unspecified atom stereocenters. The highest BCUT2D eigenvalue weighted by molar-refractivity contribution is 6.30. The average Bonchev–Trinajstić information content (AvgIpc) is 2.42. The van der Waals surface area contributed by atoms with Crippen LogP contribution in [0, 0.1) is 6.92 Å². The summed E-state index contributed by atoms with van der Waals surface area (Å²) in [6, 6.07) is 3.98. The maximum Gasteiger partial charge on any atom is 0.137 e. The van der Waals surface area contributed by atoms with Gasteiger partial charge in [-0.2, -0.15) is 0 Å². The van der Waals surface area contributed by atoms with Crippen LogP contribution in [0.15, 0.2) is 24.5 Å². The van der Waals surface area contributed by atoms with Crippen LogP contribution in [0.3, 0.4) is 0 Å². The smallest absolute Gasteiger partial charge is 0.137 e. The van der Waals surface area contributed by atoms with Gasteiger partial charge >= 0.3 is 0 Å². The Hall–Kier alpha value is -1.68. The summed E-state index contributed by atoms with van der Waals surface area (Å²) in [7, 11) is 2.00. The highest BCUT2D eigenvalue weighted by Gasteiger charge is 2.15. The lowest BCUT2D eigenvalue weighted by molar-refractivity contribution is 0.758. The fourth-order valence-corrected chi connectivity index (χ4v) is 2.14. The van der Waals surface area contributed by atoms with Gasteiger partial charge in [-0.1, -0.05) is 31.5 Å². The predicted octanol–water partition coefficient (Wildman–Crippen LogP) is 3.59. The number of nitrogens with zero attached hydrogens (tertiary/aromatic N) is 4. The zero-order chi connectivity index (χ0) is 14.7. The van der Waals surface area contributed by atoms with Crippen LogP contribution in [-0.4, -0.2) is 22.0 Å². The molecular formula is C15H19ClN4. The summed E-state index contributed by atoms with van der Waals surface area (Å²) in [5, 5.41) is 0.525. The minimum atomic E-state index is 0.249. The standard InChI is InChI=1S/C15H19ClN4/c1-10(2)14-18-13(16)11(3)15(19-14)20(4)9-12-6-5-7-17-8-12/h5-8,10H,9H2,1-4H3. The van der Waals surface area contributed by atoms with Gasteiger partial charge in [0.05, 0.1) is 0 Å². The van der Waals surface area contributed by atoms with Crippen LogP contribution in [0.4, 0.5) is 5.82 Å². The molecule has 2 heterocycles. The second-order valence-corrected chi connectivity index (χ2v) is 5.55. The summed E-state index contributed by atoms with van der Waals surface area (Å²) in [4.78, 5) is 15.2. The minimum absolute atomic E-state index is 0.249. The molecule has 0 aliphatic rings. The summed E-state index contributed by atoms with van der Waals surface area (Å²) in [6.45, 7) is 6.80. The van der Waals surface area contributed by atoms with Gasteiger partial charge in [0.1, 0.15) is 16.8 Å². The van der Waals surface area contributed by atoms with E-state index in [-0.39, 0.29) is 5.92 Å². The number of hydrogen-bond acceptors (Lipinski definition) is 4. The molecular weight excluding hydrogens is 272 g/mol. The van der Waals surface area contributed by atoms with Crippen molar-refractivity contribution in [3.63, 3.8) is 0 Å². The maximum absolute atomic E-state index is 6.22. The van der Waals surface area contributed by atoms with E-state index >= 15 is 0 Å². The van der Waals surface area contributed by atoms with E-state index < -0.39 is 0 Å². The van der Waals surface area contributed by atoms with E-state index in [1.165, 1.54) is 0 Å². The van der Waals surface area contributed by atoms with Crippen molar-refractivity contribution in [3.05, 3.63) is 46.6 Å². The average molecular weight is 291 g/mol. The molecule has 5 heteroatoms. The lowest BCUT2D eigenvalue weighted by atomic mass is 10.2. The fourth-order valence-electron chi connectivity index (χ4n) is 1.96. The van der Waals surface area contributed by atoms with Crippen molar-refractivity contribution in [2.75, 3.05) is 11.9 Å². The van der Waals surface area contributed by atoms with Crippen molar-refractivity contribution in [2.24, 2.45) is 0 Å². The molecule has 0 atom stereocenters. The molecule has 0 N–H and O–H groups in total. The second kappa shape index (κ2) is 6.18. The van der Waals surface area contributed by atoms with Gasteiger partial charge in [-0.25, -0.2) is 9.97 Å². The highest BCUT2D eigenvalue weighted by atomic mass is 35.5. The molecule has 2 aromatic rings. The summed E-state index contributed by atoms with van der Waals surface area (Å²) in [5.41, 5.74) is 2.04. The molecule has 0 radical (unpaired) electrons. The molecule has 106 valence electrons. The third kappa shape index (κ3) is 3.25. The number of halogens is 1. The third-order valence-electron chi connectivity index (χ3n) is 3.10. The number of anilines is 1. The first kappa shape index (κ1) is 14.7. The largest absolute Gasteiger partial charge is 0.355 e. The predicted molar refractivity (Wildman–Crippen MR) is 82.2 cm³/mol. The molecule has 0 aliphatic heterocycles. The second-order valence-electron chi connectivity index (χ2n) is 5.19. The van der Waals surface area contributed by atoms with Crippen LogP contribution in [-0.2, 0) is 6.54 Å². The monoisotopic (exact) mass is 290 g/mol. The summed E-state index contributed by atoms with van der Waals surface area (Å²) >= 11 is 6.22. The van der Waals surface area contributed by atoms with E-state index in [9.17, 15) is 0 Å². The van der Waals surface area contributed by atoms with Gasteiger partial charge in [0, 0.05) is 37.5 Å². The molecule has 2 rings (SSSR count). The Labute approximate surface area is 124 Å². The Bertz CT molecular complexity index is 584. The van der Waals surface area contributed by atoms with E-state index in [4.69, 9.17) is 11.6 Å². The van der Waals surface area contributed by atoms with Crippen LogP contribution in [0.5, 0.6) is 0 Å². The summed E-state index contributed by atoms with van der Waals surface area (Å²) in [6.07, 6.45) is 3.63. The van der Waals surface area contributed by atoms with Crippen molar-refractivity contribution in [3.8, 4) is 0 Å². The van der Waals surface area contributed by atoms with Crippen molar-refractivity contribution in [1.29, 1.82) is 0 Å². The molecule has 0 bridgehead atoms. The maximum atomic E-state index is 6.22. The van der Waals surface area contributed by atoms with Gasteiger partial charge in [-0.15, -0.1) is 0 Å². The number of hydrogen-bond donors (Lipinski definition) is 0. The molecule has 0 aromatic carbocycles. The van der Waals surface area contributed by atoms with Crippen LogP contribution in [0.2, 0.25) is 5.15 Å². The molecule has 2 aromatic heterocycles. The molecule has 0 saturated heterocycles. The van der Waals surface area contributed by atoms with Crippen molar-refractivity contribution in [2.45, 2.75) is 33.2 Å². The van der Waals surface area contributed by atoms with Gasteiger partial charge < -0.3 is 4.90 Å². The lowest BCUT2D eigenvalue weighted by Gasteiger charge is -2.21. The Kier molecular flexibility index (Phi) is 4.55. The molecule has 0 saturated carbocycles. The number of rotatable bonds is 4. The Balaban J connectivity index is 2.31. The topological polar surface area (TPSA) is 41.9 Å². The van der Waals surface area contributed by atoms with E-state index in [2.05, 4.69) is 33.7 Å². The molecule has 20 heavy (non-hydrogen) atoms. The summed E-state index contributed by atoms with van der Waals surface area (Å²) in [5.74, 6) is 1.89. The molecule has 0 spiro atoms. The minimum Gasteiger partial charge on any atom is -0.355 e. The number of pyridine rings is 1. The molecule has 4 nitrogen and oxygen atoms in total. The quantitative estimate of drug-likeness (QED) is 0.807. The molecule has 0 aliphatic carbocycles. The van der Waals surface area contributed by atoms with E-state index in [1.54, 1.807) is 6.20 Å². The van der Waals surface area contributed by atoms with E-state index in [1.807, 2.05) is 32.3 Å². The van der Waals surface area contributed by atoms with Crippen molar-refractivity contribution in [1.82, 2.24) is 15.0 Å². The lowest BCUT2D eigenvalue weighted by Crippen LogP contribution is -2.20. The molecule has 0 amide bonds. The van der Waals surface area contributed by atoms with Gasteiger partial charge in [0.15, 0.2) is 0 Å². The fraction of sp³-hybridized carbons (Fsp3) is 0.400. The van der Waals surface area contributed by atoms with Crippen LogP contribution < -0.4 is 4.90 Å². The van der Waals surface area contributed by atoms with E-state index in [0.29, 0.717) is 5.15 Å². The first-order valence-corrected chi connectivity index (χ1v) is 7.01. The first-order chi connectivity index (χ1) is 9.49. The zero-order valence-electron chi connectivity index (χ0n) is 12.3. The Morgan fingerprint density at radius 1 is 1.30 bits per heavy atom. The van der Waals surface area contributed by atoms with E-state index in [0.717, 1.165) is 29.3 Å². The van der Waals surface area contributed by atoms with Crippen molar-refractivity contribution < 1.29 is 0 Å². The highest BCUT2D eigenvalue weighted by Crippen LogP contribution is 2.25. The van der Waals surface area contributed by atoms with Crippen LogP contribution in [0.25, 0.3) is 0 Å². The summed E-state index contributed by atoms with van der Waals surface area (Å²) < 4.78 is 0. The SMILES string of the molecule is Cc1c(Cl)nc(C(C)C)nc1N(C)Cc1cccnc1. The van der Waals surface area contributed by atoms with Crippen LogP contribution >= 0.6 is 11.6 Å². The van der Waals surface area contributed by atoms with Crippen LogP contribution in [0.1, 0.15) is 36.7 Å². The molecule has 0 fully saturated rings. The van der Waals surface area contributed by atoms with Crippen molar-refractivity contribution >= 4 is 17.4 Å². The normalized spacial score (nSPS) is 10.9. The first-order valence-electron chi connectivity index (χ1n) is 6.63. The number of aromatic nitrogens is 3. The van der Waals surface area contributed by atoms with Gasteiger partial charge in [0.2, 0.25) is 0 Å². The van der Waals surface area contributed by atoms with Gasteiger partial charge in [0.25, 0.3) is 0 Å². The zero-order valence-corrected chi connectivity index (χ0v) is 13.0. The Morgan fingerprint density at radius 2 is 2.05 bits per heavy atom. The third-order valence-corrected chi connectivity index (χ3v) is 3.47. The van der Waals surface area contributed by atoms with Gasteiger partial charge in [-0.05, 0) is 18.6 Å². The Morgan fingerprint density at radius 3 is 2.65 bits per heavy atom. The van der Waals surface area contributed by atoms with Gasteiger partial charge in [-0.3, -0.25) is 4.98 Å².